The average Bonchev–Trinajstić information content (AvgIpc) is 3.44. The Hall–Kier alpha value is -5.21. The van der Waals surface area contributed by atoms with Gasteiger partial charge in [0.2, 0.25) is 5.91 Å². The van der Waals surface area contributed by atoms with Gasteiger partial charge in [-0.25, -0.2) is 0 Å². The molecule has 0 aliphatic rings. The quantitative estimate of drug-likeness (QED) is 0.0979. The number of esters is 1. The van der Waals surface area contributed by atoms with Gasteiger partial charge in [-0.15, -0.1) is 0 Å². The summed E-state index contributed by atoms with van der Waals surface area (Å²) in [4.78, 5) is 29.7. The van der Waals surface area contributed by atoms with Crippen molar-refractivity contribution in [3.05, 3.63) is 125 Å². The number of para-hydroxylation sites is 1. The van der Waals surface area contributed by atoms with Gasteiger partial charge >= 0.3 is 5.97 Å². The zero-order valence-electron chi connectivity index (χ0n) is 25.5. The molecule has 8 nitrogen and oxygen atoms in total. The average molecular weight is 604 g/mol. The number of oxazole rings is 1. The van der Waals surface area contributed by atoms with Crippen molar-refractivity contribution < 1.29 is 23.5 Å². The molecular formula is C37H37N3O5. The molecule has 4 aromatic carbocycles. The Morgan fingerprint density at radius 3 is 2.47 bits per heavy atom. The molecule has 1 aromatic heterocycles. The van der Waals surface area contributed by atoms with Gasteiger partial charge in [-0.05, 0) is 78.4 Å². The smallest absolute Gasteiger partial charge is 0.310 e. The number of aryl methyl sites for hydroxylation is 1. The zero-order chi connectivity index (χ0) is 31.4. The SMILES string of the molecule is CCOC(=O)C/C(=C/CCOCc1ccccc1)c1ccc(NC(=O)Cc2ccc3nc(Nc4ccccc4C)oc3c2)cc1. The number of nitrogens with one attached hydrogen (secondary N) is 2. The lowest BCUT2D eigenvalue weighted by atomic mass is 10.0. The van der Waals surface area contributed by atoms with E-state index in [1.165, 1.54) is 0 Å². The second-order valence-corrected chi connectivity index (χ2v) is 10.6. The number of hydrogen-bond acceptors (Lipinski definition) is 7. The van der Waals surface area contributed by atoms with E-state index in [1.807, 2.05) is 110 Å². The number of nitrogens with zero attached hydrogens (tertiary/aromatic N) is 1. The van der Waals surface area contributed by atoms with E-state index in [1.54, 1.807) is 6.92 Å². The van der Waals surface area contributed by atoms with E-state index in [0.29, 0.717) is 49.0 Å². The first kappa shape index (κ1) is 31.2. The van der Waals surface area contributed by atoms with Crippen LogP contribution < -0.4 is 10.6 Å². The number of amides is 1. The number of ether oxygens (including phenoxy) is 2. The van der Waals surface area contributed by atoms with Gasteiger partial charge in [-0.2, -0.15) is 4.98 Å². The summed E-state index contributed by atoms with van der Waals surface area (Å²) in [6, 6.07) is 31.3. The number of rotatable bonds is 14. The summed E-state index contributed by atoms with van der Waals surface area (Å²) >= 11 is 0. The Kier molecular flexibility index (Phi) is 10.8. The molecule has 0 bridgehead atoms. The first-order valence-corrected chi connectivity index (χ1v) is 15.1. The van der Waals surface area contributed by atoms with Crippen LogP contribution in [0.15, 0.2) is 108 Å². The second-order valence-electron chi connectivity index (χ2n) is 10.6. The molecule has 45 heavy (non-hydrogen) atoms. The van der Waals surface area contributed by atoms with E-state index >= 15 is 0 Å². The summed E-state index contributed by atoms with van der Waals surface area (Å²) in [5, 5.41) is 6.17. The van der Waals surface area contributed by atoms with Crippen molar-refractivity contribution in [1.29, 1.82) is 0 Å². The summed E-state index contributed by atoms with van der Waals surface area (Å²) < 4.78 is 16.9. The third kappa shape index (κ3) is 9.14. The van der Waals surface area contributed by atoms with Gasteiger partial charge in [0.1, 0.15) is 5.52 Å². The van der Waals surface area contributed by atoms with E-state index in [-0.39, 0.29) is 24.7 Å². The molecule has 0 saturated heterocycles. The van der Waals surface area contributed by atoms with Gasteiger partial charge in [-0.1, -0.05) is 72.8 Å². The standard InChI is InChI=1S/C37H37N3O5/c1-3-44-36(42)24-30(13-9-21-43-25-27-11-5-4-6-12-27)29-16-18-31(19-17-29)38-35(41)23-28-15-20-33-34(22-28)45-37(40-33)39-32-14-8-7-10-26(32)2/h4-8,10-20,22H,3,9,21,23-25H2,1-2H3,(H,38,41)(H,39,40)/b30-13-. The fourth-order valence-electron chi connectivity index (χ4n) is 4.86. The van der Waals surface area contributed by atoms with Crippen molar-refractivity contribution in [3.63, 3.8) is 0 Å². The van der Waals surface area contributed by atoms with Crippen LogP contribution in [0.3, 0.4) is 0 Å². The Morgan fingerprint density at radius 2 is 1.69 bits per heavy atom. The Bertz CT molecular complexity index is 1760. The molecular weight excluding hydrogens is 566 g/mol. The van der Waals surface area contributed by atoms with E-state index in [9.17, 15) is 9.59 Å². The van der Waals surface area contributed by atoms with E-state index < -0.39 is 0 Å². The van der Waals surface area contributed by atoms with Crippen LogP contribution in [-0.2, 0) is 32.1 Å². The first-order valence-electron chi connectivity index (χ1n) is 15.1. The van der Waals surface area contributed by atoms with Crippen LogP contribution in [0.4, 0.5) is 17.4 Å². The largest absolute Gasteiger partial charge is 0.466 e. The minimum atomic E-state index is -0.284. The molecule has 0 atom stereocenters. The number of carbonyl (C=O) groups excluding carboxylic acids is 2. The Labute approximate surface area is 263 Å². The molecule has 0 aliphatic carbocycles. The van der Waals surface area contributed by atoms with Crippen molar-refractivity contribution in [2.45, 2.75) is 39.7 Å². The monoisotopic (exact) mass is 603 g/mol. The normalized spacial score (nSPS) is 11.4. The van der Waals surface area contributed by atoms with Crippen molar-refractivity contribution >= 4 is 45.9 Å². The highest BCUT2D eigenvalue weighted by atomic mass is 16.5. The fraction of sp³-hybridized carbons (Fsp3) is 0.216. The molecule has 0 radical (unpaired) electrons. The van der Waals surface area contributed by atoms with Crippen LogP contribution in [0, 0.1) is 6.92 Å². The lowest BCUT2D eigenvalue weighted by molar-refractivity contribution is -0.141. The van der Waals surface area contributed by atoms with Crippen LogP contribution in [0.5, 0.6) is 0 Å². The summed E-state index contributed by atoms with van der Waals surface area (Å²) in [7, 11) is 0. The second kappa shape index (κ2) is 15.5. The predicted molar refractivity (Wildman–Crippen MR) is 177 cm³/mol. The number of carbonyl (C=O) groups is 2. The molecule has 0 fully saturated rings. The Morgan fingerprint density at radius 1 is 0.911 bits per heavy atom. The minimum Gasteiger partial charge on any atom is -0.466 e. The molecule has 5 aromatic rings. The fourth-order valence-corrected chi connectivity index (χ4v) is 4.86. The maximum absolute atomic E-state index is 12.9. The number of anilines is 3. The molecule has 230 valence electrons. The summed E-state index contributed by atoms with van der Waals surface area (Å²) in [5.41, 5.74) is 7.64. The van der Waals surface area contributed by atoms with Crippen LogP contribution in [0.2, 0.25) is 0 Å². The lowest BCUT2D eigenvalue weighted by Crippen LogP contribution is -2.14. The molecule has 0 unspecified atom stereocenters. The first-order chi connectivity index (χ1) is 22.0. The molecule has 0 spiro atoms. The molecule has 0 aliphatic heterocycles. The molecule has 2 N–H and O–H groups in total. The van der Waals surface area contributed by atoms with Crippen molar-refractivity contribution in [1.82, 2.24) is 4.98 Å². The van der Waals surface area contributed by atoms with E-state index in [0.717, 1.165) is 33.5 Å². The Balaban J connectivity index is 1.18. The topological polar surface area (TPSA) is 103 Å². The highest BCUT2D eigenvalue weighted by molar-refractivity contribution is 5.93. The summed E-state index contributed by atoms with van der Waals surface area (Å²) in [5.74, 6) is -0.439. The summed E-state index contributed by atoms with van der Waals surface area (Å²) in [6.07, 6.45) is 3.00. The maximum Gasteiger partial charge on any atom is 0.310 e. The molecule has 1 amide bonds. The third-order valence-corrected chi connectivity index (χ3v) is 7.15. The minimum absolute atomic E-state index is 0.155. The molecule has 0 saturated carbocycles. The predicted octanol–water partition coefficient (Wildman–Crippen LogP) is 8.00. The molecule has 1 heterocycles. The summed E-state index contributed by atoms with van der Waals surface area (Å²) in [6.45, 7) is 5.20. The van der Waals surface area contributed by atoms with Gasteiger partial charge in [0.15, 0.2) is 5.58 Å². The van der Waals surface area contributed by atoms with Crippen LogP contribution in [-0.4, -0.2) is 30.1 Å². The van der Waals surface area contributed by atoms with Gasteiger partial charge in [0.25, 0.3) is 6.01 Å². The van der Waals surface area contributed by atoms with E-state index in [2.05, 4.69) is 15.6 Å². The van der Waals surface area contributed by atoms with Gasteiger partial charge in [-0.3, -0.25) is 9.59 Å². The number of aromatic nitrogens is 1. The van der Waals surface area contributed by atoms with Crippen LogP contribution in [0.1, 0.15) is 42.0 Å². The lowest BCUT2D eigenvalue weighted by Gasteiger charge is -2.11. The molecule has 5 rings (SSSR count). The van der Waals surface area contributed by atoms with Crippen molar-refractivity contribution in [2.24, 2.45) is 0 Å². The number of benzene rings is 4. The van der Waals surface area contributed by atoms with Crippen molar-refractivity contribution in [2.75, 3.05) is 23.8 Å². The third-order valence-electron chi connectivity index (χ3n) is 7.15. The van der Waals surface area contributed by atoms with Gasteiger partial charge in [0, 0.05) is 11.4 Å². The van der Waals surface area contributed by atoms with Crippen molar-refractivity contribution in [3.8, 4) is 0 Å². The maximum atomic E-state index is 12.9. The number of hydrogen-bond donors (Lipinski definition) is 2. The van der Waals surface area contributed by atoms with E-state index in [4.69, 9.17) is 13.9 Å². The highest BCUT2D eigenvalue weighted by Gasteiger charge is 2.12. The van der Waals surface area contributed by atoms with Gasteiger partial charge < -0.3 is 24.5 Å². The van der Waals surface area contributed by atoms with Crippen LogP contribution in [0.25, 0.3) is 16.7 Å². The molecule has 8 heteroatoms. The van der Waals surface area contributed by atoms with Gasteiger partial charge in [0.05, 0.1) is 32.7 Å². The van der Waals surface area contributed by atoms with Crippen LogP contribution >= 0.6 is 0 Å². The zero-order valence-corrected chi connectivity index (χ0v) is 25.5. The number of fused-ring (bicyclic) bond motifs is 1. The highest BCUT2D eigenvalue weighted by Crippen LogP contribution is 2.26.